The fourth-order valence-corrected chi connectivity index (χ4v) is 22.2. The highest BCUT2D eigenvalue weighted by Gasteiger charge is 2.32. The molecule has 0 spiro atoms. The van der Waals surface area contributed by atoms with Gasteiger partial charge < -0.3 is 0 Å². The van der Waals surface area contributed by atoms with Gasteiger partial charge in [0.05, 0.1) is 16.1 Å². The molecule has 1 aliphatic rings. The monoisotopic (exact) mass is 1040 g/mol. The molecule has 3 heterocycles. The van der Waals surface area contributed by atoms with Crippen molar-refractivity contribution in [2.75, 3.05) is 0 Å². The second-order valence-electron chi connectivity index (χ2n) is 19.4. The summed E-state index contributed by atoms with van der Waals surface area (Å²) in [6.07, 6.45) is 1.10. The van der Waals surface area contributed by atoms with Gasteiger partial charge >= 0.3 is 0 Å². The summed E-state index contributed by atoms with van der Waals surface area (Å²) in [5.74, 6) is 0. The van der Waals surface area contributed by atoms with E-state index in [0.29, 0.717) is 0 Å². The lowest BCUT2D eigenvalue weighted by molar-refractivity contribution is 1.27. The highest BCUT2D eigenvalue weighted by atomic mass is 32.2. The lowest BCUT2D eigenvalue weighted by Gasteiger charge is -2.20. The molecule has 11 aromatic rings. The van der Waals surface area contributed by atoms with Crippen molar-refractivity contribution in [1.29, 1.82) is 0 Å². The van der Waals surface area contributed by atoms with Crippen molar-refractivity contribution >= 4 is 158 Å². The maximum absolute atomic E-state index is 2.51. The van der Waals surface area contributed by atoms with Crippen LogP contribution in [0.2, 0.25) is 39.3 Å². The number of thioether (sulfide) groups is 1. The first-order valence-electron chi connectivity index (χ1n) is 23.0. The standard InChI is InChI=1S/C33H34S3Si2.C26H16S4/c1-37(2,3)30-21-24-17-22-19-28-29(20-23(22)18-27(24)31(30)34-25-13-9-7-10-14-25)36-33(38(4,5)6)32(28)35-26-15-11-8-12-16-26;1-3-7-19(8-4-1)29-25-15-27-23-13-18-12-22-24(14-17(18)11-21(23)25)28-16-26(22)30-20-9-5-2-6-10-20/h7-20H,21H2,1-6H3;1-16H. The quantitative estimate of drug-likeness (QED) is 0.125. The zero-order valence-corrected chi connectivity index (χ0v) is 46.6. The molecular formula is C59H50S7Si2. The summed E-state index contributed by atoms with van der Waals surface area (Å²) < 4.78 is 5.75. The SMILES string of the molecule is C[Si](C)(C)C1=C(Sc2ccccc2)c2cc3cc4sc([Si](C)(C)C)c(Sc5ccccc5)c4cc3cc2C1.c1ccc(Sc2csc3cc4cc5c(Sc6ccccc6)csc5cc4cc23)cc1. The van der Waals surface area contributed by atoms with E-state index in [9.17, 15) is 0 Å². The van der Waals surface area contributed by atoms with E-state index in [1.165, 1.54) is 102 Å². The van der Waals surface area contributed by atoms with Gasteiger partial charge in [0.2, 0.25) is 0 Å². The fraction of sp³-hybridized carbons (Fsp3) is 0.119. The zero-order valence-electron chi connectivity index (χ0n) is 38.9. The van der Waals surface area contributed by atoms with Crippen molar-refractivity contribution < 1.29 is 0 Å². The number of rotatable bonds is 10. The lowest BCUT2D eigenvalue weighted by Crippen LogP contribution is -2.36. The summed E-state index contributed by atoms with van der Waals surface area (Å²) in [5, 5.41) is 15.8. The Morgan fingerprint density at radius 2 is 0.838 bits per heavy atom. The number of allylic oxidation sites excluding steroid dienone is 1. The Morgan fingerprint density at radius 3 is 1.32 bits per heavy atom. The first-order chi connectivity index (χ1) is 32.9. The Kier molecular flexibility index (Phi) is 13.0. The predicted molar refractivity (Wildman–Crippen MR) is 315 cm³/mol. The molecule has 8 aromatic carbocycles. The topological polar surface area (TPSA) is 0 Å². The summed E-state index contributed by atoms with van der Waals surface area (Å²) in [7, 11) is -2.97. The van der Waals surface area contributed by atoms with E-state index in [1.54, 1.807) is 9.70 Å². The van der Waals surface area contributed by atoms with E-state index < -0.39 is 16.1 Å². The number of benzene rings is 8. The van der Waals surface area contributed by atoms with Gasteiger partial charge in [0.1, 0.15) is 0 Å². The van der Waals surface area contributed by atoms with E-state index in [-0.39, 0.29) is 0 Å². The Hall–Kier alpha value is -4.27. The molecule has 0 amide bonds. The fourth-order valence-electron chi connectivity index (χ4n) is 8.88. The lowest BCUT2D eigenvalue weighted by atomic mass is 10.0. The summed E-state index contributed by atoms with van der Waals surface area (Å²) in [5.41, 5.74) is 2.97. The Balaban J connectivity index is 0.000000153. The first kappa shape index (κ1) is 46.1. The smallest absolute Gasteiger partial charge is 0.0919 e. The van der Waals surface area contributed by atoms with Crippen molar-refractivity contribution in [3.05, 3.63) is 197 Å². The predicted octanol–water partition coefficient (Wildman–Crippen LogP) is 20.3. The third-order valence-corrected chi connectivity index (χ3v) is 26.4. The molecule has 0 saturated carbocycles. The molecule has 0 bridgehead atoms. The molecular weight excluding hydrogens is 989 g/mol. The number of hydrogen-bond acceptors (Lipinski definition) is 7. The van der Waals surface area contributed by atoms with Crippen molar-refractivity contribution in [2.45, 2.75) is 80.0 Å². The summed E-state index contributed by atoms with van der Waals surface area (Å²) in [4.78, 5) is 10.9. The van der Waals surface area contributed by atoms with Crippen LogP contribution < -0.4 is 4.50 Å². The molecule has 3 aromatic heterocycles. The van der Waals surface area contributed by atoms with Gasteiger partial charge in [0, 0.05) is 84.7 Å². The average molecular weight is 1040 g/mol. The van der Waals surface area contributed by atoms with Crippen LogP contribution in [0, 0.1) is 0 Å². The van der Waals surface area contributed by atoms with Crippen LogP contribution in [-0.2, 0) is 6.42 Å². The van der Waals surface area contributed by atoms with Gasteiger partial charge in [-0.2, -0.15) is 0 Å². The van der Waals surface area contributed by atoms with Gasteiger partial charge in [0.25, 0.3) is 0 Å². The van der Waals surface area contributed by atoms with Crippen LogP contribution in [0.25, 0.3) is 56.7 Å². The molecule has 336 valence electrons. The normalized spacial score (nSPS) is 13.0. The molecule has 0 N–H and O–H groups in total. The summed E-state index contributed by atoms with van der Waals surface area (Å²) in [6.45, 7) is 15.0. The molecule has 0 nitrogen and oxygen atoms in total. The van der Waals surface area contributed by atoms with Crippen LogP contribution in [-0.4, -0.2) is 16.1 Å². The molecule has 1 aliphatic carbocycles. The van der Waals surface area contributed by atoms with Gasteiger partial charge in [0.15, 0.2) is 0 Å². The van der Waals surface area contributed by atoms with Crippen molar-refractivity contribution in [1.82, 2.24) is 0 Å². The largest absolute Gasteiger partial charge is 0.144 e. The Labute approximate surface area is 431 Å². The van der Waals surface area contributed by atoms with Gasteiger partial charge in [-0.15, -0.1) is 34.0 Å². The van der Waals surface area contributed by atoms with Crippen molar-refractivity contribution in [2.24, 2.45) is 0 Å². The highest BCUT2D eigenvalue weighted by Crippen LogP contribution is 2.49. The van der Waals surface area contributed by atoms with Crippen LogP contribution in [0.1, 0.15) is 11.1 Å². The highest BCUT2D eigenvalue weighted by molar-refractivity contribution is 8.08. The van der Waals surface area contributed by atoms with E-state index in [4.69, 9.17) is 0 Å². The number of thiophene rings is 3. The average Bonchev–Trinajstić information content (AvgIpc) is 4.11. The number of hydrogen-bond donors (Lipinski definition) is 0. The molecule has 9 heteroatoms. The minimum absolute atomic E-state index is 1.10. The van der Waals surface area contributed by atoms with E-state index in [1.807, 2.05) is 81.1 Å². The van der Waals surface area contributed by atoms with Gasteiger partial charge in [-0.05, 0) is 130 Å². The van der Waals surface area contributed by atoms with Crippen molar-refractivity contribution in [3.8, 4) is 0 Å². The van der Waals surface area contributed by atoms with E-state index in [0.717, 1.165) is 6.42 Å². The summed E-state index contributed by atoms with van der Waals surface area (Å²) >= 11 is 13.3. The summed E-state index contributed by atoms with van der Waals surface area (Å²) in [6, 6.07) is 62.5. The van der Waals surface area contributed by atoms with Gasteiger partial charge in [-0.25, -0.2) is 0 Å². The maximum atomic E-state index is 2.51. The molecule has 0 saturated heterocycles. The third kappa shape index (κ3) is 9.63. The molecule has 0 fully saturated rings. The second-order valence-corrected chi connectivity index (χ2v) is 37.1. The zero-order chi connectivity index (χ0) is 46.6. The van der Waals surface area contributed by atoms with E-state index >= 15 is 0 Å². The number of fused-ring (bicyclic) bond motifs is 6. The molecule has 0 aliphatic heterocycles. The molecule has 12 rings (SSSR count). The van der Waals surface area contributed by atoms with Crippen LogP contribution >= 0.6 is 81.1 Å². The van der Waals surface area contributed by atoms with E-state index in [2.05, 4.69) is 220 Å². The molecule has 0 unspecified atom stereocenters. The minimum Gasteiger partial charge on any atom is -0.144 e. The van der Waals surface area contributed by atoms with Gasteiger partial charge in [-0.1, -0.05) is 170 Å². The van der Waals surface area contributed by atoms with Crippen LogP contribution in [0.4, 0.5) is 0 Å². The Morgan fingerprint density at radius 1 is 0.412 bits per heavy atom. The maximum Gasteiger partial charge on any atom is 0.0919 e. The molecule has 0 atom stereocenters. The first-order valence-corrected chi connectivity index (χ1v) is 35.8. The molecule has 0 radical (unpaired) electrons. The third-order valence-electron chi connectivity index (χ3n) is 12.3. The van der Waals surface area contributed by atoms with Crippen LogP contribution in [0.3, 0.4) is 0 Å². The van der Waals surface area contributed by atoms with Gasteiger partial charge in [-0.3, -0.25) is 0 Å². The van der Waals surface area contributed by atoms with Crippen molar-refractivity contribution in [3.63, 3.8) is 0 Å². The van der Waals surface area contributed by atoms with Crippen LogP contribution in [0.15, 0.2) is 220 Å². The second kappa shape index (κ2) is 19.2. The minimum atomic E-state index is -1.50. The van der Waals surface area contributed by atoms with Crippen LogP contribution in [0.5, 0.6) is 0 Å². The molecule has 68 heavy (non-hydrogen) atoms. The Bertz CT molecular complexity index is 3540.